The van der Waals surface area contributed by atoms with E-state index in [4.69, 9.17) is 9.47 Å². The summed E-state index contributed by atoms with van der Waals surface area (Å²) in [6.07, 6.45) is 1.45. The molecule has 28 heavy (non-hydrogen) atoms. The first-order valence-corrected chi connectivity index (χ1v) is 9.05. The van der Waals surface area contributed by atoms with E-state index < -0.39 is 0 Å². The molecule has 0 aliphatic rings. The molecule has 1 heterocycles. The molecule has 7 nitrogen and oxygen atoms in total. The van der Waals surface area contributed by atoms with E-state index in [0.29, 0.717) is 36.1 Å². The van der Waals surface area contributed by atoms with Crippen LogP contribution in [0.5, 0.6) is 5.75 Å². The topological polar surface area (TPSA) is 85.4 Å². The van der Waals surface area contributed by atoms with Crippen molar-refractivity contribution < 1.29 is 14.3 Å². The highest BCUT2D eigenvalue weighted by atomic mass is 16.5. The number of carbonyl (C=O) groups is 1. The highest BCUT2D eigenvalue weighted by molar-refractivity contribution is 5.96. The predicted octanol–water partition coefficient (Wildman–Crippen LogP) is 4.54. The fourth-order valence-corrected chi connectivity index (χ4v) is 2.60. The number of esters is 1. The van der Waals surface area contributed by atoms with E-state index in [1.807, 2.05) is 37.3 Å². The Labute approximate surface area is 163 Å². The van der Waals surface area contributed by atoms with E-state index in [0.717, 1.165) is 11.4 Å². The van der Waals surface area contributed by atoms with Gasteiger partial charge in [-0.15, -0.1) is 0 Å². The molecule has 0 amide bonds. The van der Waals surface area contributed by atoms with Crippen molar-refractivity contribution in [2.24, 2.45) is 0 Å². The average Bonchev–Trinajstić information content (AvgIpc) is 2.71. The van der Waals surface area contributed by atoms with Gasteiger partial charge in [-0.25, -0.2) is 14.8 Å². The summed E-state index contributed by atoms with van der Waals surface area (Å²) in [6, 6.07) is 16.5. The van der Waals surface area contributed by atoms with Crippen LogP contribution in [0.3, 0.4) is 0 Å². The Kier molecular flexibility index (Phi) is 6.41. The second kappa shape index (κ2) is 9.36. The molecule has 0 aliphatic heterocycles. The lowest BCUT2D eigenvalue weighted by Crippen LogP contribution is -2.08. The Morgan fingerprint density at radius 1 is 0.893 bits per heavy atom. The molecular formula is C21H22N4O3. The maximum Gasteiger partial charge on any atom is 0.340 e. The fraction of sp³-hybridized carbons (Fsp3) is 0.190. The number of rotatable bonds is 8. The van der Waals surface area contributed by atoms with Crippen LogP contribution in [0, 0.1) is 0 Å². The van der Waals surface area contributed by atoms with Crippen LogP contribution in [-0.4, -0.2) is 29.2 Å². The van der Waals surface area contributed by atoms with Gasteiger partial charge in [-0.1, -0.05) is 24.3 Å². The molecule has 3 aromatic rings. The molecule has 7 heteroatoms. The molecule has 2 aromatic carbocycles. The van der Waals surface area contributed by atoms with Crippen LogP contribution in [0.4, 0.5) is 23.0 Å². The summed E-state index contributed by atoms with van der Waals surface area (Å²) in [6.45, 7) is 4.59. The Balaban J connectivity index is 1.81. The summed E-state index contributed by atoms with van der Waals surface area (Å²) in [5.41, 5.74) is 1.86. The third kappa shape index (κ3) is 4.76. The van der Waals surface area contributed by atoms with E-state index in [1.54, 1.807) is 31.2 Å². The summed E-state index contributed by atoms with van der Waals surface area (Å²) >= 11 is 0. The van der Waals surface area contributed by atoms with Gasteiger partial charge in [0.05, 0.1) is 30.2 Å². The lowest BCUT2D eigenvalue weighted by atomic mass is 10.2. The van der Waals surface area contributed by atoms with Crippen LogP contribution >= 0.6 is 0 Å². The number of anilines is 4. The van der Waals surface area contributed by atoms with Crippen LogP contribution in [0.2, 0.25) is 0 Å². The number of ether oxygens (including phenoxy) is 2. The first-order chi connectivity index (χ1) is 13.7. The number of nitrogens with zero attached hydrogens (tertiary/aromatic N) is 2. The van der Waals surface area contributed by atoms with Crippen molar-refractivity contribution >= 4 is 29.0 Å². The molecule has 0 saturated carbocycles. The molecule has 0 atom stereocenters. The first-order valence-electron chi connectivity index (χ1n) is 9.05. The van der Waals surface area contributed by atoms with Gasteiger partial charge in [0.1, 0.15) is 23.7 Å². The Hall–Kier alpha value is -3.61. The third-order valence-corrected chi connectivity index (χ3v) is 3.80. The number of para-hydroxylation sites is 3. The Bertz CT molecular complexity index is 946. The van der Waals surface area contributed by atoms with Gasteiger partial charge < -0.3 is 20.1 Å². The summed E-state index contributed by atoms with van der Waals surface area (Å²) in [7, 11) is 0. The molecule has 0 saturated heterocycles. The highest BCUT2D eigenvalue weighted by Crippen LogP contribution is 2.28. The van der Waals surface area contributed by atoms with Gasteiger partial charge in [0.15, 0.2) is 0 Å². The van der Waals surface area contributed by atoms with E-state index >= 15 is 0 Å². The summed E-state index contributed by atoms with van der Waals surface area (Å²) < 4.78 is 10.7. The highest BCUT2D eigenvalue weighted by Gasteiger charge is 2.13. The summed E-state index contributed by atoms with van der Waals surface area (Å²) in [5, 5.41) is 6.39. The molecule has 0 radical (unpaired) electrons. The molecule has 0 bridgehead atoms. The van der Waals surface area contributed by atoms with E-state index in [-0.39, 0.29) is 5.97 Å². The van der Waals surface area contributed by atoms with Gasteiger partial charge in [0.2, 0.25) is 0 Å². The van der Waals surface area contributed by atoms with Gasteiger partial charge in [-0.2, -0.15) is 0 Å². The molecule has 0 unspecified atom stereocenters. The normalized spacial score (nSPS) is 10.2. The van der Waals surface area contributed by atoms with Crippen molar-refractivity contribution in [2.75, 3.05) is 23.8 Å². The summed E-state index contributed by atoms with van der Waals surface area (Å²) in [4.78, 5) is 20.6. The second-order valence-electron chi connectivity index (χ2n) is 5.73. The van der Waals surface area contributed by atoms with Crippen LogP contribution in [-0.2, 0) is 4.74 Å². The smallest absolute Gasteiger partial charge is 0.340 e. The fourth-order valence-electron chi connectivity index (χ4n) is 2.60. The van der Waals surface area contributed by atoms with Crippen molar-refractivity contribution in [3.05, 3.63) is 66.5 Å². The van der Waals surface area contributed by atoms with Crippen molar-refractivity contribution in [2.45, 2.75) is 13.8 Å². The van der Waals surface area contributed by atoms with Crippen molar-refractivity contribution in [3.8, 4) is 5.75 Å². The zero-order valence-electron chi connectivity index (χ0n) is 15.8. The molecule has 2 N–H and O–H groups in total. The number of carbonyl (C=O) groups excluding carboxylic acids is 1. The van der Waals surface area contributed by atoms with E-state index in [1.165, 1.54) is 6.33 Å². The molecule has 144 valence electrons. The molecule has 0 spiro atoms. The maximum absolute atomic E-state index is 12.1. The monoisotopic (exact) mass is 378 g/mol. The SMILES string of the molecule is CCOC(=O)c1ccccc1Nc1cc(Nc2ccccc2OCC)ncn1. The lowest BCUT2D eigenvalue weighted by molar-refractivity contribution is 0.0527. The quantitative estimate of drug-likeness (QED) is 0.557. The number of benzene rings is 2. The third-order valence-electron chi connectivity index (χ3n) is 3.80. The van der Waals surface area contributed by atoms with Crippen LogP contribution in [0.15, 0.2) is 60.9 Å². The number of hydrogen-bond donors (Lipinski definition) is 2. The number of hydrogen-bond acceptors (Lipinski definition) is 7. The van der Waals surface area contributed by atoms with E-state index in [2.05, 4.69) is 20.6 Å². The van der Waals surface area contributed by atoms with Gasteiger partial charge in [0.25, 0.3) is 0 Å². The van der Waals surface area contributed by atoms with Crippen molar-refractivity contribution in [3.63, 3.8) is 0 Å². The zero-order chi connectivity index (χ0) is 19.8. The average molecular weight is 378 g/mol. The van der Waals surface area contributed by atoms with Gasteiger partial charge in [-0.05, 0) is 38.1 Å². The standard InChI is InChI=1S/C21H22N4O3/c1-3-27-18-12-8-7-11-17(18)25-20-13-19(22-14-23-20)24-16-10-6-5-9-15(16)21(26)28-4-2/h5-14H,3-4H2,1-2H3,(H2,22,23,24,25). The van der Waals surface area contributed by atoms with Crippen LogP contribution in [0.25, 0.3) is 0 Å². The van der Waals surface area contributed by atoms with Gasteiger partial charge >= 0.3 is 5.97 Å². The van der Waals surface area contributed by atoms with Crippen LogP contribution in [0.1, 0.15) is 24.2 Å². The maximum atomic E-state index is 12.1. The minimum absolute atomic E-state index is 0.313. The second-order valence-corrected chi connectivity index (χ2v) is 5.73. The Morgan fingerprint density at radius 3 is 2.25 bits per heavy atom. The Morgan fingerprint density at radius 2 is 1.54 bits per heavy atom. The predicted molar refractivity (Wildman–Crippen MR) is 109 cm³/mol. The van der Waals surface area contributed by atoms with Crippen LogP contribution < -0.4 is 15.4 Å². The van der Waals surface area contributed by atoms with Crippen molar-refractivity contribution in [1.82, 2.24) is 9.97 Å². The molecular weight excluding hydrogens is 356 g/mol. The minimum atomic E-state index is -0.386. The molecule has 0 aliphatic carbocycles. The largest absolute Gasteiger partial charge is 0.492 e. The molecule has 1 aromatic heterocycles. The summed E-state index contributed by atoms with van der Waals surface area (Å²) in [5.74, 6) is 1.50. The number of aromatic nitrogens is 2. The first kappa shape index (κ1) is 19.2. The molecule has 3 rings (SSSR count). The van der Waals surface area contributed by atoms with E-state index in [9.17, 15) is 4.79 Å². The van der Waals surface area contributed by atoms with Gasteiger partial charge in [-0.3, -0.25) is 0 Å². The van der Waals surface area contributed by atoms with Gasteiger partial charge in [0, 0.05) is 6.07 Å². The molecule has 0 fully saturated rings. The number of nitrogens with one attached hydrogen (secondary N) is 2. The minimum Gasteiger partial charge on any atom is -0.492 e. The zero-order valence-corrected chi connectivity index (χ0v) is 15.8. The lowest BCUT2D eigenvalue weighted by Gasteiger charge is -2.13. The van der Waals surface area contributed by atoms with Crippen molar-refractivity contribution in [1.29, 1.82) is 0 Å².